The molecule has 0 fully saturated rings. The van der Waals surface area contributed by atoms with Crippen molar-refractivity contribution in [2.75, 3.05) is 13.7 Å². The van der Waals surface area contributed by atoms with Crippen LogP contribution in [0.4, 0.5) is 0 Å². The second kappa shape index (κ2) is 7.62. The van der Waals surface area contributed by atoms with Gasteiger partial charge in [-0.15, -0.1) is 0 Å². The number of pyridine rings is 1. The lowest BCUT2D eigenvalue weighted by molar-refractivity contribution is -0.132. The van der Waals surface area contributed by atoms with Crippen molar-refractivity contribution < 1.29 is 14.1 Å². The van der Waals surface area contributed by atoms with E-state index in [1.165, 1.54) is 11.3 Å². The molecule has 30 heavy (non-hydrogen) atoms. The van der Waals surface area contributed by atoms with Gasteiger partial charge in [0.2, 0.25) is 17.6 Å². The van der Waals surface area contributed by atoms with E-state index in [0.29, 0.717) is 43.3 Å². The predicted octanol–water partition coefficient (Wildman–Crippen LogP) is 3.14. The first-order valence-corrected chi connectivity index (χ1v) is 9.90. The molecule has 0 spiro atoms. The fourth-order valence-electron chi connectivity index (χ4n) is 3.86. The monoisotopic (exact) mass is 403 g/mol. The molecule has 1 amide bonds. The first-order valence-electron chi connectivity index (χ1n) is 9.90. The number of fused-ring (bicyclic) bond motifs is 3. The molecule has 4 heterocycles. The Labute approximate surface area is 172 Å². The van der Waals surface area contributed by atoms with Gasteiger partial charge in [-0.05, 0) is 30.3 Å². The summed E-state index contributed by atoms with van der Waals surface area (Å²) in [5.74, 6) is 1.77. The standard InChI is InChI=1S/C22H21N5O3/c1-29-14-5-6-17-15(12-14)16-13-27(11-9-18(16)24-17)21(28)8-7-20-25-22(26-30-20)19-4-2-3-10-23-19/h2-6,10,12,24H,7-9,11,13H2,1H3. The van der Waals surface area contributed by atoms with E-state index in [9.17, 15) is 4.79 Å². The van der Waals surface area contributed by atoms with Gasteiger partial charge in [0.15, 0.2) is 0 Å². The number of nitrogens with one attached hydrogen (secondary N) is 1. The Morgan fingerprint density at radius 1 is 1.30 bits per heavy atom. The summed E-state index contributed by atoms with van der Waals surface area (Å²) < 4.78 is 10.6. The lowest BCUT2D eigenvalue weighted by Gasteiger charge is -2.27. The van der Waals surface area contributed by atoms with Crippen LogP contribution in [-0.2, 0) is 24.2 Å². The zero-order valence-corrected chi connectivity index (χ0v) is 16.6. The van der Waals surface area contributed by atoms with Crippen molar-refractivity contribution in [2.24, 2.45) is 0 Å². The van der Waals surface area contributed by atoms with Crippen molar-refractivity contribution in [3.63, 3.8) is 0 Å². The lowest BCUT2D eigenvalue weighted by atomic mass is 10.0. The van der Waals surface area contributed by atoms with Gasteiger partial charge in [-0.25, -0.2) is 0 Å². The molecule has 0 saturated heterocycles. The van der Waals surface area contributed by atoms with E-state index in [0.717, 1.165) is 23.1 Å². The largest absolute Gasteiger partial charge is 0.497 e. The minimum atomic E-state index is 0.0792. The zero-order chi connectivity index (χ0) is 20.5. The summed E-state index contributed by atoms with van der Waals surface area (Å²) in [5, 5.41) is 5.07. The molecule has 0 bridgehead atoms. The van der Waals surface area contributed by atoms with E-state index in [2.05, 4.69) is 20.1 Å². The number of nitrogens with zero attached hydrogens (tertiary/aromatic N) is 4. The van der Waals surface area contributed by atoms with E-state index in [1.54, 1.807) is 13.3 Å². The minimum absolute atomic E-state index is 0.0792. The molecule has 3 aromatic heterocycles. The molecule has 8 heteroatoms. The Kier molecular flexibility index (Phi) is 4.66. The number of carbonyl (C=O) groups is 1. The van der Waals surface area contributed by atoms with Crippen LogP contribution in [-0.4, -0.2) is 44.6 Å². The van der Waals surface area contributed by atoms with Crippen LogP contribution in [0.2, 0.25) is 0 Å². The lowest BCUT2D eigenvalue weighted by Crippen LogP contribution is -2.35. The van der Waals surface area contributed by atoms with Crippen LogP contribution in [0.25, 0.3) is 22.4 Å². The first-order chi connectivity index (χ1) is 14.7. The number of rotatable bonds is 5. The molecule has 0 atom stereocenters. The number of aromatic nitrogens is 4. The summed E-state index contributed by atoms with van der Waals surface area (Å²) in [7, 11) is 1.66. The zero-order valence-electron chi connectivity index (χ0n) is 16.6. The number of methoxy groups -OCH3 is 1. The van der Waals surface area contributed by atoms with Gasteiger partial charge in [-0.2, -0.15) is 4.98 Å². The van der Waals surface area contributed by atoms with Crippen molar-refractivity contribution in [3.8, 4) is 17.3 Å². The first kappa shape index (κ1) is 18.4. The number of hydrogen-bond donors (Lipinski definition) is 1. The SMILES string of the molecule is COc1ccc2[nH]c3c(c2c1)CN(C(=O)CCc1nc(-c2ccccn2)no1)CC3. The van der Waals surface area contributed by atoms with Gasteiger partial charge >= 0.3 is 0 Å². The average Bonchev–Trinajstić information content (AvgIpc) is 3.42. The van der Waals surface area contributed by atoms with E-state index >= 15 is 0 Å². The Hall–Kier alpha value is -3.68. The molecule has 1 N–H and O–H groups in total. The molecule has 0 unspecified atom stereocenters. The molecule has 8 nitrogen and oxygen atoms in total. The third-order valence-corrected chi connectivity index (χ3v) is 5.45. The Morgan fingerprint density at radius 3 is 3.07 bits per heavy atom. The van der Waals surface area contributed by atoms with Gasteiger partial charge in [-0.1, -0.05) is 11.2 Å². The number of carbonyl (C=O) groups excluding carboxylic acids is 1. The second-order valence-corrected chi connectivity index (χ2v) is 7.29. The van der Waals surface area contributed by atoms with E-state index in [1.807, 2.05) is 41.3 Å². The van der Waals surface area contributed by atoms with Crippen LogP contribution in [0.1, 0.15) is 23.6 Å². The van der Waals surface area contributed by atoms with Crippen LogP contribution in [0, 0.1) is 0 Å². The van der Waals surface area contributed by atoms with Gasteiger partial charge in [-0.3, -0.25) is 9.78 Å². The molecule has 1 aromatic carbocycles. The Bertz CT molecular complexity index is 1200. The number of aromatic amines is 1. The van der Waals surface area contributed by atoms with Crippen molar-refractivity contribution >= 4 is 16.8 Å². The molecule has 5 rings (SSSR count). The summed E-state index contributed by atoms with van der Waals surface area (Å²) in [6, 6.07) is 11.5. The summed E-state index contributed by atoms with van der Waals surface area (Å²) in [4.78, 5) is 26.8. The summed E-state index contributed by atoms with van der Waals surface area (Å²) in [6.45, 7) is 1.28. The maximum Gasteiger partial charge on any atom is 0.227 e. The molecule has 1 aliphatic rings. The topological polar surface area (TPSA) is 97.1 Å². The molecule has 0 saturated carbocycles. The van der Waals surface area contributed by atoms with Crippen LogP contribution >= 0.6 is 0 Å². The van der Waals surface area contributed by atoms with Gasteiger partial charge < -0.3 is 19.1 Å². The van der Waals surface area contributed by atoms with Gasteiger partial charge in [0.1, 0.15) is 11.4 Å². The third kappa shape index (κ3) is 3.41. The quantitative estimate of drug-likeness (QED) is 0.550. The maximum absolute atomic E-state index is 12.8. The fourth-order valence-corrected chi connectivity index (χ4v) is 3.86. The summed E-state index contributed by atoms with van der Waals surface area (Å²) >= 11 is 0. The summed E-state index contributed by atoms with van der Waals surface area (Å²) in [5.41, 5.74) is 4.08. The van der Waals surface area contributed by atoms with Crippen molar-refractivity contribution in [2.45, 2.75) is 25.8 Å². The van der Waals surface area contributed by atoms with E-state index in [-0.39, 0.29) is 5.91 Å². The van der Waals surface area contributed by atoms with Crippen molar-refractivity contribution in [1.82, 2.24) is 25.0 Å². The highest BCUT2D eigenvalue weighted by Crippen LogP contribution is 2.30. The fraction of sp³-hybridized carbons (Fsp3) is 0.273. The molecular formula is C22H21N5O3. The second-order valence-electron chi connectivity index (χ2n) is 7.29. The summed E-state index contributed by atoms with van der Waals surface area (Å²) in [6.07, 6.45) is 3.22. The number of H-pyrrole nitrogens is 1. The molecule has 0 radical (unpaired) electrons. The van der Waals surface area contributed by atoms with Crippen molar-refractivity contribution in [1.29, 1.82) is 0 Å². The van der Waals surface area contributed by atoms with E-state index < -0.39 is 0 Å². The van der Waals surface area contributed by atoms with Crippen LogP contribution in [0.5, 0.6) is 5.75 Å². The highest BCUT2D eigenvalue weighted by Gasteiger charge is 2.24. The number of hydrogen-bond acceptors (Lipinski definition) is 6. The van der Waals surface area contributed by atoms with Crippen LogP contribution < -0.4 is 4.74 Å². The van der Waals surface area contributed by atoms with Gasteiger partial charge in [0.25, 0.3) is 0 Å². The smallest absolute Gasteiger partial charge is 0.227 e. The number of ether oxygens (including phenoxy) is 1. The minimum Gasteiger partial charge on any atom is -0.497 e. The van der Waals surface area contributed by atoms with Gasteiger partial charge in [0, 0.05) is 60.7 Å². The molecule has 1 aliphatic heterocycles. The highest BCUT2D eigenvalue weighted by molar-refractivity contribution is 5.87. The highest BCUT2D eigenvalue weighted by atomic mass is 16.5. The normalized spacial score (nSPS) is 13.4. The van der Waals surface area contributed by atoms with E-state index in [4.69, 9.17) is 9.26 Å². The van der Waals surface area contributed by atoms with Crippen LogP contribution in [0.3, 0.4) is 0 Å². The molecule has 152 valence electrons. The van der Waals surface area contributed by atoms with Gasteiger partial charge in [0.05, 0.1) is 7.11 Å². The number of benzene rings is 1. The Morgan fingerprint density at radius 2 is 2.23 bits per heavy atom. The molecular weight excluding hydrogens is 382 g/mol. The maximum atomic E-state index is 12.8. The third-order valence-electron chi connectivity index (χ3n) is 5.45. The molecule has 0 aliphatic carbocycles. The average molecular weight is 403 g/mol. The number of aryl methyl sites for hydroxylation is 1. The van der Waals surface area contributed by atoms with Crippen LogP contribution in [0.15, 0.2) is 47.1 Å². The number of amides is 1. The van der Waals surface area contributed by atoms with Crippen molar-refractivity contribution in [3.05, 3.63) is 59.7 Å². The molecule has 4 aromatic rings. The predicted molar refractivity (Wildman–Crippen MR) is 110 cm³/mol. The Balaban J connectivity index is 1.26.